The molecule has 0 unspecified atom stereocenters. The average molecular weight is 469 g/mol. The van der Waals surface area contributed by atoms with Gasteiger partial charge in [0.2, 0.25) is 0 Å². The van der Waals surface area contributed by atoms with Crippen molar-refractivity contribution in [2.75, 3.05) is 5.32 Å². The zero-order valence-electron chi connectivity index (χ0n) is 15.8. The molecule has 1 N–H and O–H groups in total. The molecule has 0 spiro atoms. The Bertz CT molecular complexity index is 1280. The smallest absolute Gasteiger partial charge is 0.304 e. The number of hydrogen-bond acceptors (Lipinski definition) is 4. The van der Waals surface area contributed by atoms with Crippen LogP contribution < -0.4 is 5.32 Å². The lowest BCUT2D eigenvalue weighted by atomic mass is 10.2. The van der Waals surface area contributed by atoms with E-state index in [1.165, 1.54) is 42.1 Å². The van der Waals surface area contributed by atoms with Crippen molar-refractivity contribution < 1.29 is 18.0 Å². The van der Waals surface area contributed by atoms with Crippen LogP contribution in [0, 0.1) is 12.7 Å². The van der Waals surface area contributed by atoms with Gasteiger partial charge >= 0.3 is 5.38 Å². The van der Waals surface area contributed by atoms with Gasteiger partial charge in [0, 0.05) is 34.6 Å². The Morgan fingerprint density at radius 1 is 1.23 bits per heavy atom. The summed E-state index contributed by atoms with van der Waals surface area (Å²) in [5.41, 5.74) is -0.185. The summed E-state index contributed by atoms with van der Waals surface area (Å²) in [4.78, 5) is 16.6. The first-order valence-corrected chi connectivity index (χ1v) is 9.60. The van der Waals surface area contributed by atoms with Crippen molar-refractivity contribution in [2.24, 2.45) is 0 Å². The molecule has 0 radical (unpaired) electrons. The Morgan fingerprint density at radius 3 is 2.71 bits per heavy atom. The van der Waals surface area contributed by atoms with Gasteiger partial charge in [-0.2, -0.15) is 19.0 Å². The van der Waals surface area contributed by atoms with Crippen molar-refractivity contribution in [2.45, 2.75) is 18.9 Å². The predicted octanol–water partition coefficient (Wildman–Crippen LogP) is 4.62. The van der Waals surface area contributed by atoms with Gasteiger partial charge in [-0.25, -0.2) is 13.9 Å². The van der Waals surface area contributed by atoms with Crippen molar-refractivity contribution in [3.63, 3.8) is 0 Å². The zero-order valence-corrected chi connectivity index (χ0v) is 17.3. The standard InChI is InChI=1S/C19H13Cl2F3N6O/c1-10-7-15(19(21,23)24)30-17(25-10)8-14(27-30)18(31)26-16-5-6-29(28-16)9-11-12(20)3-2-4-13(11)22/h2-8H,9H2,1H3,(H,26,28,31). The predicted molar refractivity (Wildman–Crippen MR) is 108 cm³/mol. The topological polar surface area (TPSA) is 77.1 Å². The van der Waals surface area contributed by atoms with Gasteiger partial charge in [-0.15, -0.1) is 0 Å². The molecule has 3 heterocycles. The number of fused-ring (bicyclic) bond motifs is 1. The number of halogens is 5. The first-order valence-electron chi connectivity index (χ1n) is 8.84. The van der Waals surface area contributed by atoms with E-state index in [-0.39, 0.29) is 34.3 Å². The highest BCUT2D eigenvalue weighted by Crippen LogP contribution is 2.32. The molecule has 4 rings (SSSR count). The minimum Gasteiger partial charge on any atom is -0.304 e. The quantitative estimate of drug-likeness (QED) is 0.433. The van der Waals surface area contributed by atoms with E-state index >= 15 is 0 Å². The van der Waals surface area contributed by atoms with Crippen molar-refractivity contribution >= 4 is 40.6 Å². The third-order valence-corrected chi connectivity index (χ3v) is 4.89. The summed E-state index contributed by atoms with van der Waals surface area (Å²) in [6, 6.07) is 8.17. The summed E-state index contributed by atoms with van der Waals surface area (Å²) >= 11 is 11.2. The molecule has 1 aromatic carbocycles. The Kier molecular flexibility index (Phi) is 5.36. The van der Waals surface area contributed by atoms with Gasteiger partial charge in [0.25, 0.3) is 5.91 Å². The van der Waals surface area contributed by atoms with E-state index < -0.39 is 22.8 Å². The number of amides is 1. The number of carbonyl (C=O) groups is 1. The highest BCUT2D eigenvalue weighted by molar-refractivity contribution is 6.31. The molecule has 0 aliphatic rings. The number of nitrogens with one attached hydrogen (secondary N) is 1. The van der Waals surface area contributed by atoms with E-state index in [1.807, 2.05) is 0 Å². The van der Waals surface area contributed by atoms with E-state index in [1.54, 1.807) is 6.07 Å². The van der Waals surface area contributed by atoms with Crippen LogP contribution in [-0.2, 0) is 11.9 Å². The van der Waals surface area contributed by atoms with E-state index in [0.29, 0.717) is 5.69 Å². The third kappa shape index (κ3) is 4.35. The molecule has 0 bridgehead atoms. The lowest BCUT2D eigenvalue weighted by Gasteiger charge is -2.10. The maximum Gasteiger partial charge on any atom is 0.364 e. The molecular weight excluding hydrogens is 456 g/mol. The van der Waals surface area contributed by atoms with Crippen LogP contribution in [0.2, 0.25) is 5.02 Å². The normalized spacial score (nSPS) is 11.8. The van der Waals surface area contributed by atoms with Crippen molar-refractivity contribution in [1.82, 2.24) is 24.4 Å². The molecule has 0 atom stereocenters. The lowest BCUT2D eigenvalue weighted by Crippen LogP contribution is -2.15. The van der Waals surface area contributed by atoms with Gasteiger partial charge in [0.05, 0.1) is 6.54 Å². The van der Waals surface area contributed by atoms with Crippen molar-refractivity contribution in [3.05, 3.63) is 76.1 Å². The highest BCUT2D eigenvalue weighted by atomic mass is 35.5. The summed E-state index contributed by atoms with van der Waals surface area (Å²) < 4.78 is 43.5. The Labute approximate surface area is 183 Å². The summed E-state index contributed by atoms with van der Waals surface area (Å²) in [6.07, 6.45) is 1.53. The molecule has 160 valence electrons. The molecule has 3 aromatic heterocycles. The van der Waals surface area contributed by atoms with Crippen LogP contribution in [0.25, 0.3) is 5.65 Å². The van der Waals surface area contributed by atoms with Crippen LogP contribution in [0.15, 0.2) is 42.6 Å². The molecule has 4 aromatic rings. The number of carbonyl (C=O) groups excluding carboxylic acids is 1. The largest absolute Gasteiger partial charge is 0.364 e. The maximum atomic E-state index is 13.9. The van der Waals surface area contributed by atoms with E-state index in [2.05, 4.69) is 20.5 Å². The third-order valence-electron chi connectivity index (χ3n) is 4.34. The number of aromatic nitrogens is 5. The molecule has 0 saturated heterocycles. The molecule has 12 heteroatoms. The molecule has 31 heavy (non-hydrogen) atoms. The van der Waals surface area contributed by atoms with Crippen LogP contribution in [0.4, 0.5) is 19.0 Å². The Morgan fingerprint density at radius 2 is 2.00 bits per heavy atom. The number of rotatable bonds is 5. The van der Waals surface area contributed by atoms with Crippen LogP contribution in [0.3, 0.4) is 0 Å². The molecule has 1 amide bonds. The second kappa shape index (κ2) is 7.86. The van der Waals surface area contributed by atoms with Gasteiger partial charge in [0.1, 0.15) is 11.5 Å². The van der Waals surface area contributed by atoms with Crippen LogP contribution in [0.5, 0.6) is 0 Å². The molecule has 0 aliphatic heterocycles. The van der Waals surface area contributed by atoms with Gasteiger partial charge in [-0.3, -0.25) is 9.48 Å². The monoisotopic (exact) mass is 468 g/mol. The second-order valence-corrected chi connectivity index (χ2v) is 7.51. The summed E-state index contributed by atoms with van der Waals surface area (Å²) in [5.74, 6) is -1.02. The number of nitrogens with zero attached hydrogens (tertiary/aromatic N) is 5. The zero-order chi connectivity index (χ0) is 22.3. The van der Waals surface area contributed by atoms with Crippen LogP contribution in [-0.4, -0.2) is 30.3 Å². The fraction of sp³-hybridized carbons (Fsp3) is 0.158. The minimum absolute atomic E-state index is 0.0419. The molecule has 7 nitrogen and oxygen atoms in total. The summed E-state index contributed by atoms with van der Waals surface area (Å²) in [7, 11) is 0. The maximum absolute atomic E-state index is 13.9. The van der Waals surface area contributed by atoms with Crippen molar-refractivity contribution in [1.29, 1.82) is 0 Å². The minimum atomic E-state index is -3.70. The van der Waals surface area contributed by atoms with Gasteiger partial charge in [0.15, 0.2) is 17.2 Å². The average Bonchev–Trinajstić information content (AvgIpc) is 3.30. The number of aryl methyl sites for hydroxylation is 1. The van der Waals surface area contributed by atoms with E-state index in [0.717, 1.165) is 10.6 Å². The first kappa shape index (κ1) is 21.1. The fourth-order valence-electron chi connectivity index (χ4n) is 2.96. The highest BCUT2D eigenvalue weighted by Gasteiger charge is 2.32. The SMILES string of the molecule is Cc1cc(C(F)(F)Cl)n2nc(C(=O)Nc3ccn(Cc4c(F)cccc4Cl)n3)cc2n1. The van der Waals surface area contributed by atoms with Crippen LogP contribution in [0.1, 0.15) is 27.4 Å². The van der Waals surface area contributed by atoms with Gasteiger partial charge in [-0.1, -0.05) is 17.7 Å². The van der Waals surface area contributed by atoms with Crippen molar-refractivity contribution in [3.8, 4) is 0 Å². The second-order valence-electron chi connectivity index (χ2n) is 6.63. The fourth-order valence-corrected chi connectivity index (χ4v) is 3.31. The molecule has 0 fully saturated rings. The molecular formula is C19H13Cl2F3N6O. The van der Waals surface area contributed by atoms with Gasteiger partial charge < -0.3 is 5.32 Å². The van der Waals surface area contributed by atoms with E-state index in [4.69, 9.17) is 23.2 Å². The number of anilines is 1. The Hall–Kier alpha value is -3.11. The number of alkyl halides is 3. The number of hydrogen-bond donors (Lipinski definition) is 1. The molecule has 0 saturated carbocycles. The van der Waals surface area contributed by atoms with E-state index in [9.17, 15) is 18.0 Å². The number of benzene rings is 1. The molecule has 0 aliphatic carbocycles. The lowest BCUT2D eigenvalue weighted by molar-refractivity contribution is 0.0868. The van der Waals surface area contributed by atoms with Gasteiger partial charge in [-0.05, 0) is 36.7 Å². The Balaban J connectivity index is 1.56. The first-order chi connectivity index (χ1) is 14.6. The van der Waals surface area contributed by atoms with Crippen LogP contribution >= 0.6 is 23.2 Å². The summed E-state index contributed by atoms with van der Waals surface area (Å²) in [6.45, 7) is 1.57. The summed E-state index contributed by atoms with van der Waals surface area (Å²) in [5, 5.41) is 7.10.